The molecule has 2 saturated heterocycles. The first kappa shape index (κ1) is 13.6. The molecule has 0 aromatic carbocycles. The molecule has 6 heteroatoms. The number of rotatable bonds is 3. The van der Waals surface area contributed by atoms with Gasteiger partial charge in [-0.25, -0.2) is 12.7 Å². The normalized spacial score (nSPS) is 25.8. The minimum Gasteiger partial charge on any atom is -0.363 e. The minimum atomic E-state index is -3.06. The highest BCUT2D eigenvalue weighted by atomic mass is 32.2. The predicted octanol–water partition coefficient (Wildman–Crippen LogP) is 1.53. The molecule has 2 aliphatic heterocycles. The molecule has 100 valence electrons. The van der Waals surface area contributed by atoms with Crippen LogP contribution in [0.2, 0.25) is 0 Å². The fraction of sp³-hybridized carbons (Fsp3) is 1.00. The van der Waals surface area contributed by atoms with Gasteiger partial charge in [-0.3, -0.25) is 0 Å². The van der Waals surface area contributed by atoms with Gasteiger partial charge in [0.25, 0.3) is 0 Å². The Labute approximate surface area is 108 Å². The second kappa shape index (κ2) is 5.07. The minimum absolute atomic E-state index is 0.0795. The van der Waals surface area contributed by atoms with Crippen molar-refractivity contribution in [3.8, 4) is 0 Å². The summed E-state index contributed by atoms with van der Waals surface area (Å²) < 4.78 is 31.6. The summed E-state index contributed by atoms with van der Waals surface area (Å²) in [5.74, 6) is 1.49. The summed E-state index contributed by atoms with van der Waals surface area (Å²) in [5, 5.41) is 0. The third-order valence-corrected chi connectivity index (χ3v) is 6.90. The lowest BCUT2D eigenvalue weighted by atomic mass is 10.1. The molecule has 0 saturated carbocycles. The molecule has 0 aliphatic carbocycles. The van der Waals surface area contributed by atoms with E-state index in [1.165, 1.54) is 0 Å². The zero-order chi connectivity index (χ0) is 12.5. The van der Waals surface area contributed by atoms with Gasteiger partial charge >= 0.3 is 0 Å². The van der Waals surface area contributed by atoms with Crippen LogP contribution in [0.4, 0.5) is 0 Å². The molecule has 4 nitrogen and oxygen atoms in total. The lowest BCUT2D eigenvalue weighted by molar-refractivity contribution is 0.0161. The Kier molecular flexibility index (Phi) is 4.07. The molecule has 0 radical (unpaired) electrons. The molecule has 0 unspecified atom stereocenters. The first-order chi connectivity index (χ1) is 7.94. The number of thioether (sulfide) groups is 1. The standard InChI is InChI=1S/C11H21NO3S2/c1-10(2)9-17(13,14)12-5-3-11(4-6-12)15-7-8-16-11/h10H,3-9H2,1-2H3. The monoisotopic (exact) mass is 279 g/mol. The van der Waals surface area contributed by atoms with Gasteiger partial charge in [0.1, 0.15) is 4.93 Å². The summed E-state index contributed by atoms with van der Waals surface area (Å²) in [5.41, 5.74) is 0. The quantitative estimate of drug-likeness (QED) is 0.786. The molecule has 0 amide bonds. The summed E-state index contributed by atoms with van der Waals surface area (Å²) in [7, 11) is -3.06. The number of hydrogen-bond acceptors (Lipinski definition) is 4. The van der Waals surface area contributed by atoms with E-state index < -0.39 is 10.0 Å². The molecule has 0 bridgehead atoms. The van der Waals surface area contributed by atoms with E-state index in [1.54, 1.807) is 4.31 Å². The average Bonchev–Trinajstić information content (AvgIpc) is 2.65. The van der Waals surface area contributed by atoms with Crippen LogP contribution in [0.3, 0.4) is 0 Å². The van der Waals surface area contributed by atoms with E-state index in [1.807, 2.05) is 25.6 Å². The van der Waals surface area contributed by atoms with Gasteiger partial charge in [-0.05, 0) is 18.8 Å². The number of sulfonamides is 1. The predicted molar refractivity (Wildman–Crippen MR) is 70.6 cm³/mol. The number of piperidine rings is 1. The molecule has 0 atom stereocenters. The van der Waals surface area contributed by atoms with E-state index in [0.29, 0.717) is 13.1 Å². The topological polar surface area (TPSA) is 46.6 Å². The Morgan fingerprint density at radius 2 is 2.00 bits per heavy atom. The summed E-state index contributed by atoms with van der Waals surface area (Å²) in [6.07, 6.45) is 1.66. The molecular formula is C11H21NO3S2. The van der Waals surface area contributed by atoms with E-state index in [0.717, 1.165) is 25.2 Å². The van der Waals surface area contributed by atoms with Crippen molar-refractivity contribution in [3.63, 3.8) is 0 Å². The zero-order valence-corrected chi connectivity index (χ0v) is 12.1. The Hall–Kier alpha value is 0.220. The maximum absolute atomic E-state index is 12.1. The zero-order valence-electron chi connectivity index (χ0n) is 10.5. The van der Waals surface area contributed by atoms with Crippen LogP contribution in [0, 0.1) is 5.92 Å². The van der Waals surface area contributed by atoms with E-state index in [4.69, 9.17) is 4.74 Å². The van der Waals surface area contributed by atoms with Gasteiger partial charge in [-0.2, -0.15) is 0 Å². The second-order valence-corrected chi connectivity index (χ2v) is 8.63. The van der Waals surface area contributed by atoms with Crippen LogP contribution >= 0.6 is 11.8 Å². The fourth-order valence-electron chi connectivity index (χ4n) is 2.42. The first-order valence-electron chi connectivity index (χ1n) is 6.19. The number of nitrogens with zero attached hydrogens (tertiary/aromatic N) is 1. The molecule has 2 heterocycles. The summed E-state index contributed by atoms with van der Waals surface area (Å²) in [6, 6.07) is 0. The maximum atomic E-state index is 12.1. The van der Waals surface area contributed by atoms with Gasteiger partial charge in [0, 0.05) is 18.8 Å². The molecule has 2 rings (SSSR count). The molecular weight excluding hydrogens is 258 g/mol. The van der Waals surface area contributed by atoms with Crippen molar-refractivity contribution in [1.82, 2.24) is 4.31 Å². The van der Waals surface area contributed by atoms with Crippen LogP contribution < -0.4 is 0 Å². The van der Waals surface area contributed by atoms with Gasteiger partial charge < -0.3 is 4.74 Å². The highest BCUT2D eigenvalue weighted by Crippen LogP contribution is 2.41. The highest BCUT2D eigenvalue weighted by molar-refractivity contribution is 8.00. The molecule has 2 fully saturated rings. The van der Waals surface area contributed by atoms with E-state index >= 15 is 0 Å². The molecule has 0 aromatic rings. The number of ether oxygens (including phenoxy) is 1. The van der Waals surface area contributed by atoms with Crippen molar-refractivity contribution in [3.05, 3.63) is 0 Å². The molecule has 2 aliphatic rings. The van der Waals surface area contributed by atoms with Crippen molar-refractivity contribution in [1.29, 1.82) is 0 Å². The van der Waals surface area contributed by atoms with Gasteiger partial charge in [0.2, 0.25) is 10.0 Å². The van der Waals surface area contributed by atoms with Gasteiger partial charge in [-0.1, -0.05) is 13.8 Å². The third kappa shape index (κ3) is 3.16. The SMILES string of the molecule is CC(C)CS(=O)(=O)N1CCC2(CC1)OCCS2. The van der Waals surface area contributed by atoms with Crippen molar-refractivity contribution in [2.24, 2.45) is 5.92 Å². The van der Waals surface area contributed by atoms with Crippen LogP contribution in [0.5, 0.6) is 0 Å². The lowest BCUT2D eigenvalue weighted by Gasteiger charge is -2.37. The number of hydrogen-bond donors (Lipinski definition) is 0. The second-order valence-electron chi connectivity index (χ2n) is 5.18. The summed E-state index contributed by atoms with van der Waals surface area (Å²) in [4.78, 5) is -0.0795. The molecule has 17 heavy (non-hydrogen) atoms. The first-order valence-corrected chi connectivity index (χ1v) is 8.79. The van der Waals surface area contributed by atoms with Crippen LogP contribution in [-0.2, 0) is 14.8 Å². The summed E-state index contributed by atoms with van der Waals surface area (Å²) in [6.45, 7) is 5.92. The van der Waals surface area contributed by atoms with Gasteiger partial charge in [-0.15, -0.1) is 11.8 Å². The Morgan fingerprint density at radius 3 is 2.47 bits per heavy atom. The van der Waals surface area contributed by atoms with E-state index in [-0.39, 0.29) is 16.6 Å². The van der Waals surface area contributed by atoms with E-state index in [2.05, 4.69) is 0 Å². The van der Waals surface area contributed by atoms with Crippen molar-refractivity contribution in [2.45, 2.75) is 31.6 Å². The summed E-state index contributed by atoms with van der Waals surface area (Å²) >= 11 is 1.85. The van der Waals surface area contributed by atoms with Crippen molar-refractivity contribution in [2.75, 3.05) is 31.2 Å². The largest absolute Gasteiger partial charge is 0.363 e. The highest BCUT2D eigenvalue weighted by Gasteiger charge is 2.41. The van der Waals surface area contributed by atoms with Crippen LogP contribution in [0.15, 0.2) is 0 Å². The molecule has 1 spiro atoms. The lowest BCUT2D eigenvalue weighted by Crippen LogP contribution is -2.46. The van der Waals surface area contributed by atoms with Gasteiger partial charge in [0.15, 0.2) is 0 Å². The van der Waals surface area contributed by atoms with Crippen molar-refractivity contribution < 1.29 is 13.2 Å². The van der Waals surface area contributed by atoms with Crippen LogP contribution in [0.25, 0.3) is 0 Å². The Bertz CT molecular complexity index is 351. The average molecular weight is 279 g/mol. The smallest absolute Gasteiger partial charge is 0.214 e. The Morgan fingerprint density at radius 1 is 1.35 bits per heavy atom. The third-order valence-electron chi connectivity index (χ3n) is 3.24. The molecule has 0 aromatic heterocycles. The van der Waals surface area contributed by atoms with E-state index in [9.17, 15) is 8.42 Å². The van der Waals surface area contributed by atoms with Crippen LogP contribution in [0.1, 0.15) is 26.7 Å². The Balaban J connectivity index is 1.94. The fourth-order valence-corrected chi connectivity index (χ4v) is 5.39. The maximum Gasteiger partial charge on any atom is 0.214 e. The van der Waals surface area contributed by atoms with Crippen molar-refractivity contribution >= 4 is 21.8 Å². The van der Waals surface area contributed by atoms with Gasteiger partial charge in [0.05, 0.1) is 12.4 Å². The van der Waals surface area contributed by atoms with Crippen LogP contribution in [-0.4, -0.2) is 48.9 Å². The molecule has 0 N–H and O–H groups in total.